The number of rotatable bonds is 1. The van der Waals surface area contributed by atoms with E-state index in [-0.39, 0.29) is 6.03 Å². The van der Waals surface area contributed by atoms with E-state index in [4.69, 9.17) is 0 Å². The summed E-state index contributed by atoms with van der Waals surface area (Å²) >= 11 is 0. The molecule has 2 aliphatic rings. The van der Waals surface area contributed by atoms with Crippen LogP contribution in [0.3, 0.4) is 0 Å². The zero-order chi connectivity index (χ0) is 11.6. The van der Waals surface area contributed by atoms with Crippen molar-refractivity contribution in [2.75, 3.05) is 13.1 Å². The van der Waals surface area contributed by atoms with Crippen molar-refractivity contribution >= 4 is 6.03 Å². The molecule has 1 heterocycles. The zero-order valence-corrected chi connectivity index (χ0v) is 10.0. The van der Waals surface area contributed by atoms with Crippen molar-refractivity contribution in [1.29, 1.82) is 0 Å². The zero-order valence-electron chi connectivity index (χ0n) is 10.0. The van der Waals surface area contributed by atoms with Crippen LogP contribution in [-0.2, 0) is 0 Å². The molecule has 1 atom stereocenters. The van der Waals surface area contributed by atoms with E-state index in [0.29, 0.717) is 19.0 Å². The van der Waals surface area contributed by atoms with Gasteiger partial charge in [-0.3, -0.25) is 0 Å². The lowest BCUT2D eigenvalue weighted by Gasteiger charge is -2.30. The van der Waals surface area contributed by atoms with Crippen molar-refractivity contribution in [3.63, 3.8) is 0 Å². The van der Waals surface area contributed by atoms with Gasteiger partial charge in [0.05, 0.1) is 5.60 Å². The molecule has 1 unspecified atom stereocenters. The molecule has 1 aliphatic carbocycles. The number of urea groups is 1. The van der Waals surface area contributed by atoms with Gasteiger partial charge in [0.2, 0.25) is 0 Å². The van der Waals surface area contributed by atoms with E-state index >= 15 is 0 Å². The molecule has 0 radical (unpaired) electrons. The molecule has 1 aliphatic heterocycles. The summed E-state index contributed by atoms with van der Waals surface area (Å²) in [6, 6.07) is 0.457. The highest BCUT2D eigenvalue weighted by molar-refractivity contribution is 5.74. The van der Waals surface area contributed by atoms with Crippen molar-refractivity contribution in [2.24, 2.45) is 0 Å². The summed E-state index contributed by atoms with van der Waals surface area (Å²) in [7, 11) is 0. The monoisotopic (exact) mass is 226 g/mol. The average molecular weight is 226 g/mol. The molecule has 0 aromatic heterocycles. The van der Waals surface area contributed by atoms with Crippen LogP contribution in [0.25, 0.3) is 0 Å². The number of amides is 2. The van der Waals surface area contributed by atoms with Crippen LogP contribution in [0.1, 0.15) is 45.4 Å². The lowest BCUT2D eigenvalue weighted by molar-refractivity contribution is 0.0456. The molecule has 0 bridgehead atoms. The van der Waals surface area contributed by atoms with Gasteiger partial charge in [-0.1, -0.05) is 0 Å². The minimum absolute atomic E-state index is 0.0578. The minimum Gasteiger partial charge on any atom is -0.390 e. The fourth-order valence-corrected chi connectivity index (χ4v) is 2.28. The van der Waals surface area contributed by atoms with Crippen molar-refractivity contribution in [1.82, 2.24) is 10.2 Å². The molecule has 0 aromatic rings. The van der Waals surface area contributed by atoms with Gasteiger partial charge in [-0.25, -0.2) is 4.79 Å². The number of aliphatic hydroxyl groups is 1. The first kappa shape index (κ1) is 11.7. The van der Waals surface area contributed by atoms with E-state index in [0.717, 1.165) is 32.2 Å². The Morgan fingerprint density at radius 1 is 1.31 bits per heavy atom. The van der Waals surface area contributed by atoms with Gasteiger partial charge in [0.15, 0.2) is 0 Å². The quantitative estimate of drug-likeness (QED) is 0.711. The second-order valence-electron chi connectivity index (χ2n) is 5.41. The van der Waals surface area contributed by atoms with Crippen LogP contribution in [0, 0.1) is 0 Å². The Hall–Kier alpha value is -0.770. The number of hydrogen-bond acceptors (Lipinski definition) is 2. The molecule has 16 heavy (non-hydrogen) atoms. The topological polar surface area (TPSA) is 52.6 Å². The third kappa shape index (κ3) is 2.88. The second kappa shape index (κ2) is 4.62. The average Bonchev–Trinajstić information content (AvgIpc) is 2.33. The third-order valence-corrected chi connectivity index (χ3v) is 3.78. The van der Waals surface area contributed by atoms with Crippen LogP contribution in [0.4, 0.5) is 4.79 Å². The Bertz CT molecular complexity index is 262. The Balaban J connectivity index is 1.81. The Labute approximate surface area is 97.0 Å². The molecular weight excluding hydrogens is 204 g/mol. The van der Waals surface area contributed by atoms with Crippen LogP contribution in [0.2, 0.25) is 0 Å². The molecule has 0 spiro atoms. The molecule has 1 saturated carbocycles. The SMILES string of the molecule is CC1(O)CCCN(C(=O)NC2CCC2)CC1. The Morgan fingerprint density at radius 3 is 2.69 bits per heavy atom. The summed E-state index contributed by atoms with van der Waals surface area (Å²) in [6.07, 6.45) is 5.85. The molecule has 2 N–H and O–H groups in total. The molecule has 2 fully saturated rings. The standard InChI is InChI=1S/C12H22N2O2/c1-12(16)6-3-8-14(9-7-12)11(15)13-10-4-2-5-10/h10,16H,2-9H2,1H3,(H,13,15). The van der Waals surface area contributed by atoms with Gasteiger partial charge in [-0.15, -0.1) is 0 Å². The first-order chi connectivity index (χ1) is 7.57. The van der Waals surface area contributed by atoms with Crippen LogP contribution in [-0.4, -0.2) is 40.8 Å². The number of carbonyl (C=O) groups excluding carboxylic acids is 1. The van der Waals surface area contributed by atoms with E-state index in [1.807, 2.05) is 11.8 Å². The van der Waals surface area contributed by atoms with E-state index in [2.05, 4.69) is 5.32 Å². The summed E-state index contributed by atoms with van der Waals surface area (Å²) in [5.74, 6) is 0. The molecule has 1 saturated heterocycles. The van der Waals surface area contributed by atoms with Crippen LogP contribution in [0.5, 0.6) is 0 Å². The Kier molecular flexibility index (Phi) is 3.38. The fraction of sp³-hybridized carbons (Fsp3) is 0.917. The van der Waals surface area contributed by atoms with Gasteiger partial charge in [0.25, 0.3) is 0 Å². The lowest BCUT2D eigenvalue weighted by Crippen LogP contribution is -2.47. The van der Waals surface area contributed by atoms with Gasteiger partial charge < -0.3 is 15.3 Å². The van der Waals surface area contributed by atoms with Crippen molar-refractivity contribution < 1.29 is 9.90 Å². The van der Waals surface area contributed by atoms with E-state index in [1.165, 1.54) is 6.42 Å². The van der Waals surface area contributed by atoms with Crippen LogP contribution in [0.15, 0.2) is 0 Å². The van der Waals surface area contributed by atoms with Gasteiger partial charge in [0.1, 0.15) is 0 Å². The third-order valence-electron chi connectivity index (χ3n) is 3.78. The number of nitrogens with zero attached hydrogens (tertiary/aromatic N) is 1. The van der Waals surface area contributed by atoms with Crippen molar-refractivity contribution in [3.05, 3.63) is 0 Å². The number of carbonyl (C=O) groups is 1. The van der Waals surface area contributed by atoms with Gasteiger partial charge in [-0.05, 0) is 45.4 Å². The molecule has 2 rings (SSSR count). The first-order valence-corrected chi connectivity index (χ1v) is 6.35. The molecule has 2 amide bonds. The highest BCUT2D eigenvalue weighted by atomic mass is 16.3. The normalized spacial score (nSPS) is 31.8. The van der Waals surface area contributed by atoms with Crippen LogP contribution < -0.4 is 5.32 Å². The van der Waals surface area contributed by atoms with Gasteiger partial charge in [-0.2, -0.15) is 0 Å². The molecule has 0 aromatic carbocycles. The van der Waals surface area contributed by atoms with E-state index in [1.54, 1.807) is 0 Å². The smallest absolute Gasteiger partial charge is 0.317 e. The van der Waals surface area contributed by atoms with Crippen molar-refractivity contribution in [3.8, 4) is 0 Å². The van der Waals surface area contributed by atoms with Crippen LogP contribution >= 0.6 is 0 Å². The Morgan fingerprint density at radius 2 is 2.06 bits per heavy atom. The van der Waals surface area contributed by atoms with E-state index in [9.17, 15) is 9.90 Å². The predicted molar refractivity (Wildman–Crippen MR) is 62.2 cm³/mol. The summed E-state index contributed by atoms with van der Waals surface area (Å²) in [4.78, 5) is 13.7. The predicted octanol–water partition coefficient (Wildman–Crippen LogP) is 1.49. The lowest BCUT2D eigenvalue weighted by atomic mass is 9.93. The highest BCUT2D eigenvalue weighted by Crippen LogP contribution is 2.22. The maximum Gasteiger partial charge on any atom is 0.317 e. The molecule has 4 nitrogen and oxygen atoms in total. The molecule has 4 heteroatoms. The highest BCUT2D eigenvalue weighted by Gasteiger charge is 2.28. The minimum atomic E-state index is -0.592. The summed E-state index contributed by atoms with van der Waals surface area (Å²) in [5.41, 5.74) is -0.592. The maximum atomic E-state index is 11.9. The number of hydrogen-bond donors (Lipinski definition) is 2. The van der Waals surface area contributed by atoms with Gasteiger partial charge >= 0.3 is 6.03 Å². The van der Waals surface area contributed by atoms with Crippen molar-refractivity contribution in [2.45, 2.75) is 57.1 Å². The summed E-state index contributed by atoms with van der Waals surface area (Å²) in [6.45, 7) is 3.31. The molecular formula is C12H22N2O2. The fourth-order valence-electron chi connectivity index (χ4n) is 2.28. The molecule has 92 valence electrons. The maximum absolute atomic E-state index is 11.9. The summed E-state index contributed by atoms with van der Waals surface area (Å²) in [5, 5.41) is 13.0. The first-order valence-electron chi connectivity index (χ1n) is 6.35. The van der Waals surface area contributed by atoms with E-state index < -0.39 is 5.60 Å². The second-order valence-corrected chi connectivity index (χ2v) is 5.41. The summed E-state index contributed by atoms with van der Waals surface area (Å²) < 4.78 is 0. The number of likely N-dealkylation sites (tertiary alicyclic amines) is 1. The largest absolute Gasteiger partial charge is 0.390 e. The number of nitrogens with one attached hydrogen (secondary N) is 1. The van der Waals surface area contributed by atoms with Gasteiger partial charge in [0, 0.05) is 19.1 Å².